The normalized spacial score (nSPS) is 15.3. The molecule has 0 unspecified atom stereocenters. The van der Waals surface area contributed by atoms with E-state index in [9.17, 15) is 9.18 Å². The Hall–Kier alpha value is -4.02. The van der Waals surface area contributed by atoms with E-state index in [-0.39, 0.29) is 30.3 Å². The number of fused-ring (bicyclic) bond motifs is 2. The first-order chi connectivity index (χ1) is 15.0. The van der Waals surface area contributed by atoms with Crippen LogP contribution >= 0.6 is 0 Å². The SMILES string of the molecule is C[C@H](Nc1nc(N)nc2nc[nH]c12)c1cc2ccc(F)cc2nc1N1CCNC(=O)C1. The van der Waals surface area contributed by atoms with E-state index in [2.05, 4.69) is 30.6 Å². The molecule has 1 aliphatic heterocycles. The summed E-state index contributed by atoms with van der Waals surface area (Å²) in [6.45, 7) is 3.25. The first-order valence-electron chi connectivity index (χ1n) is 9.83. The number of hydrogen-bond acceptors (Lipinski definition) is 8. The number of benzene rings is 1. The Morgan fingerprint density at radius 3 is 2.97 bits per heavy atom. The minimum Gasteiger partial charge on any atom is -0.368 e. The lowest BCUT2D eigenvalue weighted by Gasteiger charge is -2.31. The molecule has 1 aromatic carbocycles. The second-order valence-electron chi connectivity index (χ2n) is 7.41. The first kappa shape index (κ1) is 19.0. The largest absolute Gasteiger partial charge is 0.368 e. The van der Waals surface area contributed by atoms with E-state index in [0.29, 0.717) is 41.4 Å². The number of hydrogen-bond donors (Lipinski definition) is 4. The van der Waals surface area contributed by atoms with Gasteiger partial charge in [0.1, 0.15) is 17.2 Å². The van der Waals surface area contributed by atoms with E-state index in [1.807, 2.05) is 17.9 Å². The standard InChI is InChI=1S/C20H20FN9O/c1-10(26-18-16-17(25-9-24-16)28-20(22)29-18)13-6-11-2-3-12(21)7-14(11)27-19(13)30-5-4-23-15(31)8-30/h2-3,6-7,9-10H,4-5,8H2,1H3,(H,23,31)(H4,22,24,25,26,28,29)/t10-/m0/s1. The summed E-state index contributed by atoms with van der Waals surface area (Å²) in [5.74, 6) is 0.792. The summed E-state index contributed by atoms with van der Waals surface area (Å²) >= 11 is 0. The fourth-order valence-corrected chi connectivity index (χ4v) is 3.78. The lowest BCUT2D eigenvalue weighted by Crippen LogP contribution is -2.48. The van der Waals surface area contributed by atoms with Crippen LogP contribution < -0.4 is 21.3 Å². The molecule has 0 spiro atoms. The number of amides is 1. The molecule has 0 aliphatic carbocycles. The Morgan fingerprint density at radius 1 is 1.26 bits per heavy atom. The van der Waals surface area contributed by atoms with Crippen molar-refractivity contribution in [3.8, 4) is 0 Å². The van der Waals surface area contributed by atoms with Crippen LogP contribution in [0.2, 0.25) is 0 Å². The predicted molar refractivity (Wildman–Crippen MR) is 115 cm³/mol. The maximum atomic E-state index is 13.8. The summed E-state index contributed by atoms with van der Waals surface area (Å²) in [7, 11) is 0. The third kappa shape index (κ3) is 3.54. The zero-order valence-corrected chi connectivity index (χ0v) is 16.7. The number of rotatable bonds is 4. The summed E-state index contributed by atoms with van der Waals surface area (Å²) in [4.78, 5) is 34.2. The molecular formula is C20H20FN9O. The number of nitrogen functional groups attached to an aromatic ring is 1. The van der Waals surface area contributed by atoms with E-state index in [0.717, 1.165) is 10.9 Å². The van der Waals surface area contributed by atoms with E-state index >= 15 is 0 Å². The predicted octanol–water partition coefficient (Wildman–Crippen LogP) is 1.73. The molecule has 4 heterocycles. The van der Waals surface area contributed by atoms with Gasteiger partial charge in [0.2, 0.25) is 11.9 Å². The fourth-order valence-electron chi connectivity index (χ4n) is 3.78. The topological polar surface area (TPSA) is 138 Å². The van der Waals surface area contributed by atoms with Gasteiger partial charge >= 0.3 is 0 Å². The number of anilines is 3. The van der Waals surface area contributed by atoms with Crippen molar-refractivity contribution < 1.29 is 9.18 Å². The molecule has 10 nitrogen and oxygen atoms in total. The minimum absolute atomic E-state index is 0.0818. The molecule has 0 bridgehead atoms. The van der Waals surface area contributed by atoms with Crippen LogP contribution in [0.5, 0.6) is 0 Å². The summed E-state index contributed by atoms with van der Waals surface area (Å²) in [6, 6.07) is 6.18. The summed E-state index contributed by atoms with van der Waals surface area (Å²) < 4.78 is 13.8. The van der Waals surface area contributed by atoms with Crippen molar-refractivity contribution in [2.45, 2.75) is 13.0 Å². The number of imidazole rings is 1. The van der Waals surface area contributed by atoms with Gasteiger partial charge in [0, 0.05) is 30.1 Å². The molecular weight excluding hydrogens is 401 g/mol. The number of nitrogens with zero attached hydrogens (tertiary/aromatic N) is 5. The Balaban J connectivity index is 1.59. The number of carbonyl (C=O) groups excluding carboxylic acids is 1. The molecule has 4 aromatic rings. The quantitative estimate of drug-likeness (QED) is 0.391. The van der Waals surface area contributed by atoms with Crippen LogP contribution in [0.3, 0.4) is 0 Å². The molecule has 31 heavy (non-hydrogen) atoms. The van der Waals surface area contributed by atoms with Gasteiger partial charge in [-0.3, -0.25) is 4.79 Å². The molecule has 158 valence electrons. The monoisotopic (exact) mass is 421 g/mol. The number of pyridine rings is 1. The number of aromatic nitrogens is 5. The molecule has 1 amide bonds. The Labute approximate surface area is 176 Å². The van der Waals surface area contributed by atoms with Gasteiger partial charge in [0.05, 0.1) is 24.4 Å². The minimum atomic E-state index is -0.362. The highest BCUT2D eigenvalue weighted by molar-refractivity contribution is 5.87. The van der Waals surface area contributed by atoms with Gasteiger partial charge < -0.3 is 26.3 Å². The maximum Gasteiger partial charge on any atom is 0.239 e. The van der Waals surface area contributed by atoms with Crippen LogP contribution in [-0.4, -0.2) is 50.5 Å². The van der Waals surface area contributed by atoms with Crippen molar-refractivity contribution in [3.63, 3.8) is 0 Å². The number of nitrogens with two attached hydrogens (primary N) is 1. The maximum absolute atomic E-state index is 13.8. The van der Waals surface area contributed by atoms with Gasteiger partial charge in [0.15, 0.2) is 11.5 Å². The van der Waals surface area contributed by atoms with E-state index < -0.39 is 0 Å². The zero-order chi connectivity index (χ0) is 21.5. The Morgan fingerprint density at radius 2 is 2.13 bits per heavy atom. The molecule has 3 aromatic heterocycles. The second-order valence-corrected chi connectivity index (χ2v) is 7.41. The first-order valence-corrected chi connectivity index (χ1v) is 9.83. The van der Waals surface area contributed by atoms with Crippen LogP contribution in [-0.2, 0) is 4.79 Å². The third-order valence-corrected chi connectivity index (χ3v) is 5.25. The van der Waals surface area contributed by atoms with Crippen LogP contribution in [0.25, 0.3) is 22.1 Å². The highest BCUT2D eigenvalue weighted by Gasteiger charge is 2.24. The Kier molecular flexibility index (Phi) is 4.50. The zero-order valence-electron chi connectivity index (χ0n) is 16.7. The molecule has 1 saturated heterocycles. The van der Waals surface area contributed by atoms with Crippen LogP contribution in [0.4, 0.5) is 22.0 Å². The van der Waals surface area contributed by atoms with Gasteiger partial charge in [-0.25, -0.2) is 14.4 Å². The number of piperazine rings is 1. The molecule has 1 fully saturated rings. The van der Waals surface area contributed by atoms with Gasteiger partial charge in [-0.2, -0.15) is 9.97 Å². The van der Waals surface area contributed by atoms with E-state index in [1.165, 1.54) is 18.5 Å². The van der Waals surface area contributed by atoms with E-state index in [1.54, 1.807) is 6.07 Å². The van der Waals surface area contributed by atoms with Gasteiger partial charge in [-0.15, -0.1) is 0 Å². The number of H-pyrrole nitrogens is 1. The van der Waals surface area contributed by atoms with E-state index in [4.69, 9.17) is 10.7 Å². The number of aromatic amines is 1. The molecule has 1 atom stereocenters. The van der Waals surface area contributed by atoms with Crippen molar-refractivity contribution in [1.82, 2.24) is 30.2 Å². The average molecular weight is 421 g/mol. The molecule has 0 saturated carbocycles. The highest BCUT2D eigenvalue weighted by Crippen LogP contribution is 2.32. The fraction of sp³-hybridized carbons (Fsp3) is 0.250. The number of nitrogens with one attached hydrogen (secondary N) is 3. The molecule has 5 rings (SSSR count). The van der Waals surface area contributed by atoms with Crippen LogP contribution in [0, 0.1) is 5.82 Å². The van der Waals surface area contributed by atoms with Crippen LogP contribution in [0.15, 0.2) is 30.6 Å². The second kappa shape index (κ2) is 7.35. The third-order valence-electron chi connectivity index (χ3n) is 5.25. The number of carbonyl (C=O) groups is 1. The van der Waals surface area contributed by atoms with Crippen molar-refractivity contribution in [2.75, 3.05) is 35.6 Å². The van der Waals surface area contributed by atoms with Gasteiger partial charge in [-0.1, -0.05) is 0 Å². The van der Waals surface area contributed by atoms with Gasteiger partial charge in [-0.05, 0) is 25.1 Å². The summed E-state index contributed by atoms with van der Waals surface area (Å²) in [5.41, 5.74) is 8.30. The summed E-state index contributed by atoms with van der Waals surface area (Å²) in [5, 5.41) is 6.96. The molecule has 0 radical (unpaired) electrons. The van der Waals surface area contributed by atoms with Crippen molar-refractivity contribution in [1.29, 1.82) is 0 Å². The molecule has 1 aliphatic rings. The average Bonchev–Trinajstić information content (AvgIpc) is 3.21. The summed E-state index contributed by atoms with van der Waals surface area (Å²) in [6.07, 6.45) is 1.53. The lowest BCUT2D eigenvalue weighted by molar-refractivity contribution is -0.120. The van der Waals surface area contributed by atoms with Crippen molar-refractivity contribution in [3.05, 3.63) is 42.0 Å². The highest BCUT2D eigenvalue weighted by atomic mass is 19.1. The van der Waals surface area contributed by atoms with Gasteiger partial charge in [0.25, 0.3) is 0 Å². The smallest absolute Gasteiger partial charge is 0.239 e. The number of halogens is 1. The Bertz CT molecular complexity index is 1300. The lowest BCUT2D eigenvalue weighted by atomic mass is 10.0. The molecule has 5 N–H and O–H groups in total. The molecule has 11 heteroatoms. The van der Waals surface area contributed by atoms with Crippen molar-refractivity contribution in [2.24, 2.45) is 0 Å². The van der Waals surface area contributed by atoms with Crippen molar-refractivity contribution >= 4 is 45.6 Å². The van der Waals surface area contributed by atoms with Crippen LogP contribution in [0.1, 0.15) is 18.5 Å².